The van der Waals surface area contributed by atoms with Crippen molar-refractivity contribution in [2.24, 2.45) is 5.92 Å². The molecule has 9 heteroatoms. The Balaban J connectivity index is 1.67. The molecule has 0 radical (unpaired) electrons. The van der Waals surface area contributed by atoms with Gasteiger partial charge in [0.2, 0.25) is 5.92 Å². The number of unbranched alkanes of at least 4 members (excludes halogenated alkanes) is 3. The number of carbonyl (C=O) groups is 1. The highest BCUT2D eigenvalue weighted by Gasteiger charge is 2.44. The second-order valence-corrected chi connectivity index (χ2v) is 10.4. The van der Waals surface area contributed by atoms with Crippen LogP contribution in [0.3, 0.4) is 0 Å². The Kier molecular flexibility index (Phi) is 10.7. The van der Waals surface area contributed by atoms with E-state index in [1.165, 1.54) is 0 Å². The van der Waals surface area contributed by atoms with Crippen LogP contribution >= 0.6 is 11.6 Å². The number of benzene rings is 1. The number of aryl methyl sites for hydroxylation is 1. The Hall–Kier alpha value is -2.21. The smallest absolute Gasteiger partial charge is 0.331 e. The summed E-state index contributed by atoms with van der Waals surface area (Å²) in [4.78, 5) is 12.2. The maximum atomic E-state index is 15.0. The summed E-state index contributed by atoms with van der Waals surface area (Å²) in [6.45, 7) is 3.12. The molecule has 204 valence electrons. The topological polar surface area (TPSA) is 88.8 Å². The second-order valence-electron chi connectivity index (χ2n) is 9.97. The van der Waals surface area contributed by atoms with Crippen molar-refractivity contribution in [1.82, 2.24) is 0 Å². The SMILES string of the molecule is Cc1cc(OCCCCC(CC(F)(F)CCCCC#N)C2=C(C(=O)O)CC3(CC2)OCCO3)ccc1Cl. The first-order valence-electron chi connectivity index (χ1n) is 13.0. The van der Waals surface area contributed by atoms with Gasteiger partial charge in [0, 0.05) is 42.7 Å². The van der Waals surface area contributed by atoms with Crippen molar-refractivity contribution in [3.63, 3.8) is 0 Å². The zero-order chi connectivity index (χ0) is 26.9. The van der Waals surface area contributed by atoms with Crippen LogP contribution in [0.25, 0.3) is 0 Å². The van der Waals surface area contributed by atoms with Gasteiger partial charge in [-0.3, -0.25) is 0 Å². The van der Waals surface area contributed by atoms with Gasteiger partial charge in [0.25, 0.3) is 0 Å². The van der Waals surface area contributed by atoms with Crippen molar-refractivity contribution < 1.29 is 32.9 Å². The van der Waals surface area contributed by atoms with Crippen LogP contribution in [0.1, 0.15) is 76.2 Å². The number of alkyl halides is 2. The molecule has 0 aromatic heterocycles. The molecule has 1 aromatic rings. The van der Waals surface area contributed by atoms with Crippen LogP contribution in [0.4, 0.5) is 8.78 Å². The molecular formula is C28H36ClF2NO5. The zero-order valence-corrected chi connectivity index (χ0v) is 22.1. The Labute approximate surface area is 222 Å². The third kappa shape index (κ3) is 8.66. The third-order valence-electron chi connectivity index (χ3n) is 7.14. The number of ether oxygens (including phenoxy) is 3. The Morgan fingerprint density at radius 3 is 2.70 bits per heavy atom. The predicted molar refractivity (Wildman–Crippen MR) is 136 cm³/mol. The minimum absolute atomic E-state index is 0.0704. The number of hydrogen-bond acceptors (Lipinski definition) is 5. The van der Waals surface area contributed by atoms with Gasteiger partial charge in [0.15, 0.2) is 5.79 Å². The third-order valence-corrected chi connectivity index (χ3v) is 7.57. The molecule has 1 N–H and O–H groups in total. The number of aliphatic carboxylic acids is 1. The minimum atomic E-state index is -2.94. The van der Waals surface area contributed by atoms with Crippen LogP contribution in [-0.4, -0.2) is 42.6 Å². The minimum Gasteiger partial charge on any atom is -0.494 e. The van der Waals surface area contributed by atoms with Gasteiger partial charge >= 0.3 is 5.97 Å². The molecule has 1 unspecified atom stereocenters. The van der Waals surface area contributed by atoms with E-state index in [-0.39, 0.29) is 31.3 Å². The molecule has 1 spiro atoms. The Morgan fingerprint density at radius 1 is 1.27 bits per heavy atom. The summed E-state index contributed by atoms with van der Waals surface area (Å²) in [6.07, 6.45) is 2.83. The second kappa shape index (κ2) is 13.5. The van der Waals surface area contributed by atoms with Gasteiger partial charge < -0.3 is 19.3 Å². The average Bonchev–Trinajstić information content (AvgIpc) is 3.30. The first-order chi connectivity index (χ1) is 17.6. The molecule has 0 amide bonds. The van der Waals surface area contributed by atoms with Crippen molar-refractivity contribution in [3.05, 3.63) is 39.9 Å². The quantitative estimate of drug-likeness (QED) is 0.251. The standard InChI is InChI=1S/C28H36ClF2NO5/c1-20-17-22(8-9-25(20)29)35-14-6-3-7-21(18-27(30,31)11-4-2-5-13-32)23-10-12-28(36-15-16-37-28)19-24(23)26(33)34/h8-9,17,21H,2-7,10-12,14-16,18-19H2,1H3,(H,33,34). The van der Waals surface area contributed by atoms with Gasteiger partial charge in [-0.1, -0.05) is 17.2 Å². The molecule has 2 aliphatic rings. The van der Waals surface area contributed by atoms with Crippen LogP contribution in [0, 0.1) is 24.2 Å². The molecule has 0 saturated carbocycles. The van der Waals surface area contributed by atoms with E-state index in [2.05, 4.69) is 0 Å². The van der Waals surface area contributed by atoms with E-state index in [1.54, 1.807) is 12.1 Å². The van der Waals surface area contributed by atoms with Crippen molar-refractivity contribution in [3.8, 4) is 11.8 Å². The van der Waals surface area contributed by atoms with E-state index in [4.69, 9.17) is 31.1 Å². The summed E-state index contributed by atoms with van der Waals surface area (Å²) in [5, 5.41) is 19.3. The van der Waals surface area contributed by atoms with E-state index in [0.717, 1.165) is 5.56 Å². The first kappa shape index (κ1) is 29.3. The molecule has 37 heavy (non-hydrogen) atoms. The lowest BCUT2D eigenvalue weighted by molar-refractivity contribution is -0.168. The largest absolute Gasteiger partial charge is 0.494 e. The Bertz CT molecular complexity index is 1000. The van der Waals surface area contributed by atoms with E-state index in [1.807, 2.05) is 19.1 Å². The number of carboxylic acids is 1. The van der Waals surface area contributed by atoms with Crippen molar-refractivity contribution in [2.45, 2.75) is 89.3 Å². The van der Waals surface area contributed by atoms with Gasteiger partial charge in [-0.05, 0) is 75.1 Å². The molecule has 3 rings (SSSR count). The Morgan fingerprint density at radius 2 is 2.03 bits per heavy atom. The highest BCUT2D eigenvalue weighted by atomic mass is 35.5. The van der Waals surface area contributed by atoms with Gasteiger partial charge in [-0.25, -0.2) is 13.6 Å². The van der Waals surface area contributed by atoms with Gasteiger partial charge in [0.05, 0.1) is 25.9 Å². The number of hydrogen-bond donors (Lipinski definition) is 1. The van der Waals surface area contributed by atoms with Crippen LogP contribution in [0.5, 0.6) is 5.75 Å². The lowest BCUT2D eigenvalue weighted by atomic mass is 9.76. The van der Waals surface area contributed by atoms with Gasteiger partial charge in [-0.2, -0.15) is 5.26 Å². The first-order valence-corrected chi connectivity index (χ1v) is 13.4. The van der Waals surface area contributed by atoms with E-state index < -0.39 is 30.0 Å². The summed E-state index contributed by atoms with van der Waals surface area (Å²) in [7, 11) is 0. The normalized spacial score (nSPS) is 18.1. The maximum Gasteiger partial charge on any atom is 0.331 e. The van der Waals surface area contributed by atoms with E-state index in [9.17, 15) is 9.90 Å². The molecule has 1 aromatic carbocycles. The lowest BCUT2D eigenvalue weighted by Crippen LogP contribution is -2.37. The number of nitriles is 1. The maximum absolute atomic E-state index is 15.0. The molecule has 1 fully saturated rings. The fraction of sp³-hybridized carbons (Fsp3) is 0.643. The zero-order valence-electron chi connectivity index (χ0n) is 21.4. The van der Waals surface area contributed by atoms with Crippen molar-refractivity contribution in [1.29, 1.82) is 5.26 Å². The summed E-state index contributed by atoms with van der Waals surface area (Å²) < 4.78 is 47.3. The van der Waals surface area contributed by atoms with Crippen molar-refractivity contribution in [2.75, 3.05) is 19.8 Å². The summed E-state index contributed by atoms with van der Waals surface area (Å²) in [6, 6.07) is 7.40. The van der Waals surface area contributed by atoms with Gasteiger partial charge in [0.1, 0.15) is 5.75 Å². The molecule has 1 aliphatic heterocycles. The number of allylic oxidation sites excluding steroid dienone is 1. The molecule has 1 saturated heterocycles. The highest BCUT2D eigenvalue weighted by molar-refractivity contribution is 6.31. The van der Waals surface area contributed by atoms with Crippen LogP contribution in [0.2, 0.25) is 5.02 Å². The average molecular weight is 540 g/mol. The van der Waals surface area contributed by atoms with Crippen molar-refractivity contribution >= 4 is 17.6 Å². The van der Waals surface area contributed by atoms with E-state index >= 15 is 8.78 Å². The summed E-state index contributed by atoms with van der Waals surface area (Å²) in [5.41, 5.74) is 1.64. The number of carboxylic acid groups (broad SMARTS) is 1. The molecule has 1 heterocycles. The van der Waals surface area contributed by atoms with E-state index in [0.29, 0.717) is 74.7 Å². The number of rotatable bonds is 14. The number of nitrogens with zero attached hydrogens (tertiary/aromatic N) is 1. The molecule has 1 aliphatic carbocycles. The van der Waals surface area contributed by atoms with Crippen LogP contribution < -0.4 is 4.74 Å². The summed E-state index contributed by atoms with van der Waals surface area (Å²) in [5.74, 6) is -4.85. The number of halogens is 3. The lowest BCUT2D eigenvalue weighted by Gasteiger charge is -2.36. The fourth-order valence-corrected chi connectivity index (χ4v) is 5.31. The van der Waals surface area contributed by atoms with Crippen LogP contribution in [-0.2, 0) is 14.3 Å². The molecule has 0 bridgehead atoms. The molecule has 1 atom stereocenters. The molecular weight excluding hydrogens is 504 g/mol. The summed E-state index contributed by atoms with van der Waals surface area (Å²) >= 11 is 6.05. The molecule has 6 nitrogen and oxygen atoms in total. The highest BCUT2D eigenvalue weighted by Crippen LogP contribution is 2.45. The fourth-order valence-electron chi connectivity index (χ4n) is 5.19. The monoisotopic (exact) mass is 539 g/mol. The van der Waals surface area contributed by atoms with Gasteiger partial charge in [-0.15, -0.1) is 0 Å². The van der Waals surface area contributed by atoms with Crippen LogP contribution in [0.15, 0.2) is 29.3 Å². The predicted octanol–water partition coefficient (Wildman–Crippen LogP) is 7.23.